The molecule has 0 fully saturated rings. The van der Waals surface area contributed by atoms with E-state index in [-0.39, 0.29) is 6.54 Å². The molecule has 0 saturated heterocycles. The minimum absolute atomic E-state index is 0.265. The Morgan fingerprint density at radius 2 is 2.27 bits per heavy atom. The number of nitrogens with one attached hydrogen (secondary N) is 1. The van der Waals surface area contributed by atoms with E-state index in [2.05, 4.69) is 20.7 Å². The summed E-state index contributed by atoms with van der Waals surface area (Å²) in [4.78, 5) is 9.63. The molecule has 5 heteroatoms. The van der Waals surface area contributed by atoms with Crippen LogP contribution in [0.1, 0.15) is 11.4 Å². The van der Waals surface area contributed by atoms with E-state index in [0.717, 1.165) is 27.4 Å². The molecule has 0 saturated carbocycles. The standard InChI is InChI=1S/C10H10N4S/c1-6-5-15-10-8(6)9(12-4-3-11)13-7(2)14-10/h5H,4H2,1-2H3,(H,12,13,14). The average molecular weight is 218 g/mol. The summed E-state index contributed by atoms with van der Waals surface area (Å²) in [6.45, 7) is 4.14. The Labute approximate surface area is 91.6 Å². The van der Waals surface area contributed by atoms with Crippen molar-refractivity contribution in [1.29, 1.82) is 5.26 Å². The van der Waals surface area contributed by atoms with Crippen molar-refractivity contribution in [2.45, 2.75) is 13.8 Å². The average Bonchev–Trinajstić information content (AvgIpc) is 2.56. The number of aromatic nitrogens is 2. The van der Waals surface area contributed by atoms with Gasteiger partial charge in [-0.05, 0) is 24.8 Å². The van der Waals surface area contributed by atoms with Crippen molar-refractivity contribution in [3.05, 3.63) is 16.8 Å². The zero-order valence-electron chi connectivity index (χ0n) is 8.53. The third-order valence-corrected chi connectivity index (χ3v) is 3.05. The van der Waals surface area contributed by atoms with Crippen LogP contribution in [-0.4, -0.2) is 16.5 Å². The quantitative estimate of drug-likeness (QED) is 0.785. The summed E-state index contributed by atoms with van der Waals surface area (Å²) in [6.07, 6.45) is 0. The second kappa shape index (κ2) is 3.83. The van der Waals surface area contributed by atoms with Gasteiger partial charge in [-0.1, -0.05) is 0 Å². The molecule has 0 bridgehead atoms. The Kier molecular flexibility index (Phi) is 2.52. The van der Waals surface area contributed by atoms with Gasteiger partial charge in [-0.2, -0.15) is 5.26 Å². The van der Waals surface area contributed by atoms with Crippen LogP contribution in [0.15, 0.2) is 5.38 Å². The Hall–Kier alpha value is -1.67. The van der Waals surface area contributed by atoms with Gasteiger partial charge >= 0.3 is 0 Å². The zero-order chi connectivity index (χ0) is 10.8. The molecule has 2 aromatic heterocycles. The number of anilines is 1. The number of nitrogens with zero attached hydrogens (tertiary/aromatic N) is 3. The first kappa shape index (κ1) is 9.87. The normalized spacial score (nSPS) is 10.2. The van der Waals surface area contributed by atoms with Crippen LogP contribution in [-0.2, 0) is 0 Å². The fraction of sp³-hybridized carbons (Fsp3) is 0.300. The van der Waals surface area contributed by atoms with Crippen LogP contribution in [0.2, 0.25) is 0 Å². The molecule has 1 N–H and O–H groups in total. The van der Waals surface area contributed by atoms with Gasteiger partial charge in [-0.15, -0.1) is 11.3 Å². The molecule has 0 unspecified atom stereocenters. The largest absolute Gasteiger partial charge is 0.356 e. The van der Waals surface area contributed by atoms with Crippen LogP contribution in [0.4, 0.5) is 5.82 Å². The molecule has 2 heterocycles. The van der Waals surface area contributed by atoms with E-state index in [9.17, 15) is 0 Å². The third-order valence-electron chi connectivity index (χ3n) is 2.06. The van der Waals surface area contributed by atoms with Crippen LogP contribution >= 0.6 is 11.3 Å². The van der Waals surface area contributed by atoms with E-state index in [1.165, 1.54) is 0 Å². The molecular formula is C10H10N4S. The molecule has 0 atom stereocenters. The van der Waals surface area contributed by atoms with Crippen LogP contribution in [0.3, 0.4) is 0 Å². The molecule has 0 aliphatic carbocycles. The van der Waals surface area contributed by atoms with Gasteiger partial charge in [0.2, 0.25) is 0 Å². The highest BCUT2D eigenvalue weighted by Gasteiger charge is 2.09. The summed E-state index contributed by atoms with van der Waals surface area (Å²) in [6, 6.07) is 2.04. The Morgan fingerprint density at radius 3 is 3.00 bits per heavy atom. The number of rotatable bonds is 2. The van der Waals surface area contributed by atoms with Crippen LogP contribution < -0.4 is 5.32 Å². The summed E-state index contributed by atoms with van der Waals surface area (Å²) in [7, 11) is 0. The van der Waals surface area contributed by atoms with E-state index in [4.69, 9.17) is 5.26 Å². The lowest BCUT2D eigenvalue weighted by Crippen LogP contribution is -2.03. The maximum absolute atomic E-state index is 8.54. The summed E-state index contributed by atoms with van der Waals surface area (Å²) >= 11 is 1.60. The molecule has 2 rings (SSSR count). The molecule has 76 valence electrons. The maximum Gasteiger partial charge on any atom is 0.139 e. The Morgan fingerprint density at radius 1 is 1.47 bits per heavy atom. The zero-order valence-corrected chi connectivity index (χ0v) is 9.35. The topological polar surface area (TPSA) is 61.6 Å². The van der Waals surface area contributed by atoms with Crippen molar-refractivity contribution in [2.75, 3.05) is 11.9 Å². The van der Waals surface area contributed by atoms with Crippen LogP contribution in [0, 0.1) is 25.2 Å². The van der Waals surface area contributed by atoms with Crippen LogP contribution in [0.25, 0.3) is 10.2 Å². The fourth-order valence-corrected chi connectivity index (χ4v) is 2.41. The highest BCUT2D eigenvalue weighted by molar-refractivity contribution is 7.17. The summed E-state index contributed by atoms with van der Waals surface area (Å²) < 4.78 is 0. The first-order valence-corrected chi connectivity index (χ1v) is 5.43. The first-order chi connectivity index (χ1) is 7.22. The molecule has 15 heavy (non-hydrogen) atoms. The number of aryl methyl sites for hydroxylation is 2. The van der Waals surface area contributed by atoms with Gasteiger partial charge in [0.05, 0.1) is 11.5 Å². The number of hydrogen-bond donors (Lipinski definition) is 1. The molecule has 2 aromatic rings. The molecule has 0 spiro atoms. The number of nitriles is 1. The summed E-state index contributed by atoms with van der Waals surface area (Å²) in [5.74, 6) is 1.49. The minimum atomic E-state index is 0.265. The lowest BCUT2D eigenvalue weighted by molar-refractivity contribution is 1.09. The molecule has 0 aromatic carbocycles. The van der Waals surface area contributed by atoms with Crippen molar-refractivity contribution >= 4 is 27.4 Å². The number of fused-ring (bicyclic) bond motifs is 1. The third kappa shape index (κ3) is 1.76. The molecule has 0 radical (unpaired) electrons. The second-order valence-electron chi connectivity index (χ2n) is 3.23. The molecular weight excluding hydrogens is 208 g/mol. The molecule has 0 amide bonds. The van der Waals surface area contributed by atoms with E-state index in [0.29, 0.717) is 0 Å². The van der Waals surface area contributed by atoms with Crippen molar-refractivity contribution in [2.24, 2.45) is 0 Å². The predicted molar refractivity (Wildman–Crippen MR) is 61.0 cm³/mol. The van der Waals surface area contributed by atoms with Gasteiger partial charge in [-0.3, -0.25) is 0 Å². The highest BCUT2D eigenvalue weighted by atomic mass is 32.1. The maximum atomic E-state index is 8.54. The highest BCUT2D eigenvalue weighted by Crippen LogP contribution is 2.28. The number of thiophene rings is 1. The Balaban J connectivity index is 2.59. The van der Waals surface area contributed by atoms with E-state index >= 15 is 0 Å². The van der Waals surface area contributed by atoms with Gasteiger partial charge < -0.3 is 5.32 Å². The fourth-order valence-electron chi connectivity index (χ4n) is 1.44. The minimum Gasteiger partial charge on any atom is -0.356 e. The Bertz CT molecular complexity index is 538. The summed E-state index contributed by atoms with van der Waals surface area (Å²) in [5.41, 5.74) is 1.15. The van der Waals surface area contributed by atoms with E-state index in [1.807, 2.05) is 19.9 Å². The van der Waals surface area contributed by atoms with E-state index in [1.54, 1.807) is 11.3 Å². The summed E-state index contributed by atoms with van der Waals surface area (Å²) in [5, 5.41) is 14.6. The van der Waals surface area contributed by atoms with Crippen molar-refractivity contribution in [3.63, 3.8) is 0 Å². The van der Waals surface area contributed by atoms with Crippen molar-refractivity contribution < 1.29 is 0 Å². The van der Waals surface area contributed by atoms with Gasteiger partial charge in [0.15, 0.2) is 0 Å². The first-order valence-electron chi connectivity index (χ1n) is 4.55. The predicted octanol–water partition coefficient (Wildman–Crippen LogP) is 2.24. The van der Waals surface area contributed by atoms with Crippen LogP contribution in [0.5, 0.6) is 0 Å². The van der Waals surface area contributed by atoms with Crippen molar-refractivity contribution in [1.82, 2.24) is 9.97 Å². The number of hydrogen-bond acceptors (Lipinski definition) is 5. The smallest absolute Gasteiger partial charge is 0.139 e. The lowest BCUT2D eigenvalue weighted by atomic mass is 10.2. The van der Waals surface area contributed by atoms with Gasteiger partial charge in [0, 0.05) is 0 Å². The molecule has 4 nitrogen and oxygen atoms in total. The van der Waals surface area contributed by atoms with E-state index < -0.39 is 0 Å². The van der Waals surface area contributed by atoms with Gasteiger partial charge in [0.25, 0.3) is 0 Å². The molecule has 0 aliphatic rings. The monoisotopic (exact) mass is 218 g/mol. The SMILES string of the molecule is Cc1nc(NCC#N)c2c(C)csc2n1. The lowest BCUT2D eigenvalue weighted by Gasteiger charge is -2.04. The molecule has 0 aliphatic heterocycles. The van der Waals surface area contributed by atoms with Gasteiger partial charge in [-0.25, -0.2) is 9.97 Å². The van der Waals surface area contributed by atoms with Gasteiger partial charge in [0.1, 0.15) is 23.0 Å². The van der Waals surface area contributed by atoms with Crippen molar-refractivity contribution in [3.8, 4) is 6.07 Å². The second-order valence-corrected chi connectivity index (χ2v) is 4.09.